The maximum atomic E-state index is 13.5. The van der Waals surface area contributed by atoms with E-state index in [2.05, 4.69) is 42.0 Å². The lowest BCUT2D eigenvalue weighted by Crippen LogP contribution is -2.31. The summed E-state index contributed by atoms with van der Waals surface area (Å²) < 4.78 is 18.3. The van der Waals surface area contributed by atoms with Gasteiger partial charge in [0.15, 0.2) is 11.6 Å². The molecule has 112 valence electrons. The first kappa shape index (κ1) is 17.0. The molecule has 0 fully saturated rings. The predicted octanol–water partition coefficient (Wildman–Crippen LogP) is 3.76. The quantitative estimate of drug-likeness (QED) is 0.825. The average Bonchev–Trinajstić information content (AvgIpc) is 2.33. The van der Waals surface area contributed by atoms with Gasteiger partial charge in [0, 0.05) is 16.9 Å². The summed E-state index contributed by atoms with van der Waals surface area (Å²) in [7, 11) is 1.39. The van der Waals surface area contributed by atoms with Gasteiger partial charge in [-0.3, -0.25) is 4.79 Å². The Kier molecular flexibility index (Phi) is 5.99. The van der Waals surface area contributed by atoms with E-state index in [-0.39, 0.29) is 21.9 Å². The fraction of sp³-hybridized carbons (Fsp3) is 0.533. The number of amides is 1. The van der Waals surface area contributed by atoms with Crippen molar-refractivity contribution in [3.05, 3.63) is 29.6 Å². The van der Waals surface area contributed by atoms with Crippen molar-refractivity contribution in [2.24, 2.45) is 5.41 Å². The third kappa shape index (κ3) is 5.49. The molecule has 0 radical (unpaired) electrons. The normalized spacial score (nSPS) is 12.9. The van der Waals surface area contributed by atoms with E-state index >= 15 is 0 Å². The van der Waals surface area contributed by atoms with E-state index in [9.17, 15) is 9.18 Å². The number of hydrogen-bond acceptors (Lipinski definition) is 2. The standard InChI is InChI=1S/C15H21BrFNO2/c1-15(2,3)8-11(16)9-18-14(19)10-5-6-13(20-4)12(17)7-10/h5-7,11H,8-9H2,1-4H3,(H,18,19). The first-order chi connectivity index (χ1) is 9.23. The van der Waals surface area contributed by atoms with Crippen molar-refractivity contribution in [1.29, 1.82) is 0 Å². The Balaban J connectivity index is 2.57. The van der Waals surface area contributed by atoms with E-state index in [1.165, 1.54) is 19.2 Å². The van der Waals surface area contributed by atoms with E-state index < -0.39 is 5.82 Å². The van der Waals surface area contributed by atoms with Crippen LogP contribution in [-0.4, -0.2) is 24.4 Å². The van der Waals surface area contributed by atoms with Gasteiger partial charge in [-0.1, -0.05) is 36.7 Å². The Morgan fingerprint density at radius 2 is 2.10 bits per heavy atom. The van der Waals surface area contributed by atoms with Crippen molar-refractivity contribution >= 4 is 21.8 Å². The Hall–Kier alpha value is -1.10. The van der Waals surface area contributed by atoms with Gasteiger partial charge in [-0.25, -0.2) is 4.39 Å². The van der Waals surface area contributed by atoms with Crippen LogP contribution in [0.15, 0.2) is 18.2 Å². The molecule has 1 N–H and O–H groups in total. The molecular weight excluding hydrogens is 325 g/mol. The molecule has 0 saturated carbocycles. The zero-order valence-corrected chi connectivity index (χ0v) is 13.9. The molecule has 20 heavy (non-hydrogen) atoms. The zero-order valence-electron chi connectivity index (χ0n) is 12.3. The van der Waals surface area contributed by atoms with Crippen molar-refractivity contribution in [1.82, 2.24) is 5.32 Å². The number of carbonyl (C=O) groups is 1. The highest BCUT2D eigenvalue weighted by Gasteiger charge is 2.17. The molecule has 1 atom stereocenters. The lowest BCUT2D eigenvalue weighted by molar-refractivity contribution is 0.0952. The Labute approximate surface area is 128 Å². The third-order valence-electron chi connectivity index (χ3n) is 2.73. The van der Waals surface area contributed by atoms with E-state index in [0.717, 1.165) is 6.42 Å². The highest BCUT2D eigenvalue weighted by molar-refractivity contribution is 9.09. The second-order valence-electron chi connectivity index (χ2n) is 5.92. The molecule has 3 nitrogen and oxygen atoms in total. The van der Waals surface area contributed by atoms with E-state index in [0.29, 0.717) is 12.1 Å². The summed E-state index contributed by atoms with van der Waals surface area (Å²) in [5.41, 5.74) is 0.476. The SMILES string of the molecule is COc1ccc(C(=O)NCC(Br)CC(C)(C)C)cc1F. The zero-order chi connectivity index (χ0) is 15.3. The van der Waals surface area contributed by atoms with Crippen molar-refractivity contribution in [3.8, 4) is 5.75 Å². The van der Waals surface area contributed by atoms with Gasteiger partial charge in [0.05, 0.1) is 7.11 Å². The fourth-order valence-electron chi connectivity index (χ4n) is 1.85. The van der Waals surface area contributed by atoms with Crippen LogP contribution in [0.1, 0.15) is 37.6 Å². The first-order valence-corrected chi connectivity index (χ1v) is 7.40. The minimum Gasteiger partial charge on any atom is -0.494 e. The number of methoxy groups -OCH3 is 1. The summed E-state index contributed by atoms with van der Waals surface area (Å²) in [6.45, 7) is 6.93. The molecule has 1 amide bonds. The topological polar surface area (TPSA) is 38.3 Å². The van der Waals surface area contributed by atoms with E-state index in [1.54, 1.807) is 6.07 Å². The fourth-order valence-corrected chi connectivity index (χ4v) is 2.98. The highest BCUT2D eigenvalue weighted by Crippen LogP contribution is 2.24. The van der Waals surface area contributed by atoms with Crippen LogP contribution in [0.25, 0.3) is 0 Å². The molecule has 0 bridgehead atoms. The molecule has 0 aliphatic carbocycles. The maximum absolute atomic E-state index is 13.5. The van der Waals surface area contributed by atoms with Gasteiger partial charge in [-0.05, 0) is 30.0 Å². The summed E-state index contributed by atoms with van der Waals surface area (Å²) in [6.07, 6.45) is 0.935. The third-order valence-corrected chi connectivity index (χ3v) is 3.38. The second kappa shape index (κ2) is 7.07. The molecule has 0 spiro atoms. The van der Waals surface area contributed by atoms with Gasteiger partial charge in [0.2, 0.25) is 0 Å². The number of carbonyl (C=O) groups excluding carboxylic acids is 1. The van der Waals surface area contributed by atoms with Crippen LogP contribution in [0.3, 0.4) is 0 Å². The molecule has 0 saturated heterocycles. The number of alkyl halides is 1. The van der Waals surface area contributed by atoms with Gasteiger partial charge in [-0.15, -0.1) is 0 Å². The minimum absolute atomic E-state index is 0.132. The number of rotatable bonds is 5. The summed E-state index contributed by atoms with van der Waals surface area (Å²) in [6, 6.07) is 4.18. The van der Waals surface area contributed by atoms with Crippen molar-refractivity contribution < 1.29 is 13.9 Å². The van der Waals surface area contributed by atoms with Gasteiger partial charge >= 0.3 is 0 Å². The Morgan fingerprint density at radius 1 is 1.45 bits per heavy atom. The minimum atomic E-state index is -0.537. The number of hydrogen-bond donors (Lipinski definition) is 1. The number of benzene rings is 1. The van der Waals surface area contributed by atoms with Crippen LogP contribution >= 0.6 is 15.9 Å². The molecule has 1 rings (SSSR count). The molecule has 1 aromatic rings. The van der Waals surface area contributed by atoms with Gasteiger partial charge in [0.25, 0.3) is 5.91 Å². The number of nitrogens with one attached hydrogen (secondary N) is 1. The molecule has 0 aromatic heterocycles. The van der Waals surface area contributed by atoms with Gasteiger partial charge in [-0.2, -0.15) is 0 Å². The average molecular weight is 346 g/mol. The summed E-state index contributed by atoms with van der Waals surface area (Å²) >= 11 is 3.54. The second-order valence-corrected chi connectivity index (χ2v) is 7.22. The smallest absolute Gasteiger partial charge is 0.251 e. The number of halogens is 2. The Morgan fingerprint density at radius 3 is 2.60 bits per heavy atom. The molecule has 0 aliphatic rings. The van der Waals surface area contributed by atoms with Crippen LogP contribution in [-0.2, 0) is 0 Å². The summed E-state index contributed by atoms with van der Waals surface area (Å²) in [4.78, 5) is 12.1. The largest absolute Gasteiger partial charge is 0.494 e. The maximum Gasteiger partial charge on any atom is 0.251 e. The molecule has 1 unspecified atom stereocenters. The highest BCUT2D eigenvalue weighted by atomic mass is 79.9. The van der Waals surface area contributed by atoms with Crippen LogP contribution in [0.4, 0.5) is 4.39 Å². The van der Waals surface area contributed by atoms with Gasteiger partial charge in [0.1, 0.15) is 0 Å². The van der Waals surface area contributed by atoms with Crippen molar-refractivity contribution in [2.75, 3.05) is 13.7 Å². The van der Waals surface area contributed by atoms with Gasteiger partial charge < -0.3 is 10.1 Å². The molecule has 0 aliphatic heterocycles. The monoisotopic (exact) mass is 345 g/mol. The van der Waals surface area contributed by atoms with Crippen molar-refractivity contribution in [3.63, 3.8) is 0 Å². The van der Waals surface area contributed by atoms with Crippen molar-refractivity contribution in [2.45, 2.75) is 32.0 Å². The predicted molar refractivity (Wildman–Crippen MR) is 82.1 cm³/mol. The van der Waals surface area contributed by atoms with Crippen LogP contribution in [0, 0.1) is 11.2 Å². The molecule has 5 heteroatoms. The Bertz CT molecular complexity index is 471. The lowest BCUT2D eigenvalue weighted by atomic mass is 9.90. The summed E-state index contributed by atoms with van der Waals surface area (Å²) in [5, 5.41) is 2.79. The first-order valence-electron chi connectivity index (χ1n) is 6.49. The van der Waals surface area contributed by atoms with E-state index in [1.807, 2.05) is 0 Å². The molecule has 0 heterocycles. The van der Waals surface area contributed by atoms with Crippen LogP contribution in [0.2, 0.25) is 0 Å². The molecular formula is C15H21BrFNO2. The van der Waals surface area contributed by atoms with Crippen LogP contribution < -0.4 is 10.1 Å². The van der Waals surface area contributed by atoms with E-state index in [4.69, 9.17) is 4.74 Å². The lowest BCUT2D eigenvalue weighted by Gasteiger charge is -2.22. The molecule has 1 aromatic carbocycles. The van der Waals surface area contributed by atoms with Crippen LogP contribution in [0.5, 0.6) is 5.75 Å². The summed E-state index contributed by atoms with van der Waals surface area (Å²) in [5.74, 6) is -0.692. The number of ether oxygens (including phenoxy) is 1.